The van der Waals surface area contributed by atoms with E-state index in [4.69, 9.17) is 0 Å². The zero-order chi connectivity index (χ0) is 9.90. The van der Waals surface area contributed by atoms with Crippen LogP contribution in [0.4, 0.5) is 0 Å². The largest absolute Gasteiger partial charge is 0.273 e. The Kier molecular flexibility index (Phi) is 3.07. The Balaban J connectivity index is 2.68. The molecule has 0 bridgehead atoms. The van der Waals surface area contributed by atoms with Gasteiger partial charge in [0.1, 0.15) is 0 Å². The molecule has 1 heterocycles. The molecule has 0 unspecified atom stereocenters. The van der Waals surface area contributed by atoms with E-state index in [1.807, 2.05) is 13.8 Å². The summed E-state index contributed by atoms with van der Waals surface area (Å²) in [6, 6.07) is 0. The molecular formula is C10H16NO2. The molecule has 0 aromatic carbocycles. The third-order valence-corrected chi connectivity index (χ3v) is 2.50. The van der Waals surface area contributed by atoms with Gasteiger partial charge in [-0.1, -0.05) is 26.7 Å². The Bertz CT molecular complexity index is 221. The predicted molar refractivity (Wildman–Crippen MR) is 49.0 cm³/mol. The maximum atomic E-state index is 11.5. The minimum atomic E-state index is -0.444. The molecule has 1 fully saturated rings. The highest BCUT2D eigenvalue weighted by Crippen LogP contribution is 2.25. The first-order valence-electron chi connectivity index (χ1n) is 4.81. The van der Waals surface area contributed by atoms with Crippen molar-refractivity contribution in [3.63, 3.8) is 0 Å². The van der Waals surface area contributed by atoms with Crippen LogP contribution >= 0.6 is 0 Å². The average molecular weight is 182 g/mol. The number of hydrogen-bond acceptors (Lipinski definition) is 2. The van der Waals surface area contributed by atoms with Gasteiger partial charge in [0.05, 0.1) is 0 Å². The van der Waals surface area contributed by atoms with Gasteiger partial charge in [0, 0.05) is 11.8 Å². The van der Waals surface area contributed by atoms with Gasteiger partial charge in [-0.15, -0.1) is 0 Å². The smallest absolute Gasteiger partial charge is 0.254 e. The number of amides is 2. The third kappa shape index (κ3) is 2.83. The van der Waals surface area contributed by atoms with Crippen molar-refractivity contribution in [3.05, 3.63) is 0 Å². The van der Waals surface area contributed by atoms with E-state index < -0.39 is 5.41 Å². The van der Waals surface area contributed by atoms with Gasteiger partial charge >= 0.3 is 0 Å². The lowest BCUT2D eigenvalue weighted by Gasteiger charge is -2.20. The lowest BCUT2D eigenvalue weighted by molar-refractivity contribution is -0.136. The van der Waals surface area contributed by atoms with Crippen molar-refractivity contribution in [2.45, 2.75) is 46.0 Å². The molecule has 1 saturated heterocycles. The summed E-state index contributed by atoms with van der Waals surface area (Å²) in [6.45, 7) is 3.72. The molecule has 0 saturated carbocycles. The number of rotatable bonds is 0. The Morgan fingerprint density at radius 2 is 1.85 bits per heavy atom. The van der Waals surface area contributed by atoms with E-state index in [2.05, 4.69) is 5.32 Å². The molecular weight excluding hydrogens is 166 g/mol. The third-order valence-electron chi connectivity index (χ3n) is 2.50. The molecule has 0 aromatic heterocycles. The van der Waals surface area contributed by atoms with Crippen molar-refractivity contribution in [2.24, 2.45) is 5.41 Å². The van der Waals surface area contributed by atoms with Crippen molar-refractivity contribution >= 4 is 11.8 Å². The summed E-state index contributed by atoms with van der Waals surface area (Å²) in [4.78, 5) is 22.6. The molecule has 0 N–H and O–H groups in total. The summed E-state index contributed by atoms with van der Waals surface area (Å²) in [5, 5.41) is 3.57. The summed E-state index contributed by atoms with van der Waals surface area (Å²) in [7, 11) is 0. The van der Waals surface area contributed by atoms with Gasteiger partial charge in [-0.3, -0.25) is 9.59 Å². The quantitative estimate of drug-likeness (QED) is 0.534. The number of imide groups is 1. The van der Waals surface area contributed by atoms with Gasteiger partial charge in [0.15, 0.2) is 0 Å². The Morgan fingerprint density at radius 3 is 2.54 bits per heavy atom. The van der Waals surface area contributed by atoms with Crippen LogP contribution in [-0.2, 0) is 9.59 Å². The van der Waals surface area contributed by atoms with Crippen LogP contribution in [0.1, 0.15) is 46.0 Å². The Labute approximate surface area is 78.9 Å². The molecule has 3 heteroatoms. The lowest BCUT2D eigenvalue weighted by Crippen LogP contribution is -2.34. The van der Waals surface area contributed by atoms with Gasteiger partial charge in [-0.25, -0.2) is 0 Å². The van der Waals surface area contributed by atoms with Crippen LogP contribution in [0.15, 0.2) is 0 Å². The molecule has 2 amide bonds. The Morgan fingerprint density at radius 1 is 1.15 bits per heavy atom. The molecule has 1 aliphatic rings. The summed E-state index contributed by atoms with van der Waals surface area (Å²) in [5.74, 6) is -0.501. The number of carbonyl (C=O) groups is 2. The summed E-state index contributed by atoms with van der Waals surface area (Å²) in [6.07, 6.45) is 4.18. The maximum Gasteiger partial charge on any atom is 0.254 e. The summed E-state index contributed by atoms with van der Waals surface area (Å²) >= 11 is 0. The van der Waals surface area contributed by atoms with E-state index in [0.29, 0.717) is 6.42 Å². The predicted octanol–water partition coefficient (Wildman–Crippen LogP) is 1.63. The van der Waals surface area contributed by atoms with Crippen LogP contribution in [0.5, 0.6) is 0 Å². The molecule has 1 rings (SSSR count). The molecule has 0 atom stereocenters. The minimum Gasteiger partial charge on any atom is -0.273 e. The summed E-state index contributed by atoms with van der Waals surface area (Å²) in [5.41, 5.74) is -0.444. The van der Waals surface area contributed by atoms with E-state index in [-0.39, 0.29) is 11.8 Å². The van der Waals surface area contributed by atoms with Gasteiger partial charge in [-0.05, 0) is 12.8 Å². The van der Waals surface area contributed by atoms with E-state index in [1.165, 1.54) is 0 Å². The van der Waals surface area contributed by atoms with Crippen LogP contribution in [0.25, 0.3) is 0 Å². The minimum absolute atomic E-state index is 0.250. The average Bonchev–Trinajstić information content (AvgIpc) is 2.06. The molecule has 0 aliphatic carbocycles. The zero-order valence-electron chi connectivity index (χ0n) is 8.30. The fraction of sp³-hybridized carbons (Fsp3) is 0.800. The lowest BCUT2D eigenvalue weighted by atomic mass is 9.86. The molecule has 0 spiro atoms. The van der Waals surface area contributed by atoms with Crippen molar-refractivity contribution in [3.8, 4) is 0 Å². The Hall–Kier alpha value is -0.860. The van der Waals surface area contributed by atoms with Crippen LogP contribution in [-0.4, -0.2) is 11.8 Å². The first-order valence-corrected chi connectivity index (χ1v) is 4.81. The second-order valence-corrected chi connectivity index (χ2v) is 4.26. The van der Waals surface area contributed by atoms with E-state index >= 15 is 0 Å². The van der Waals surface area contributed by atoms with E-state index in [9.17, 15) is 9.59 Å². The van der Waals surface area contributed by atoms with Crippen molar-refractivity contribution in [1.29, 1.82) is 0 Å². The second kappa shape index (κ2) is 3.90. The van der Waals surface area contributed by atoms with Crippen molar-refractivity contribution in [2.75, 3.05) is 0 Å². The monoisotopic (exact) mass is 182 g/mol. The zero-order valence-corrected chi connectivity index (χ0v) is 8.30. The maximum absolute atomic E-state index is 11.5. The number of carbonyl (C=O) groups excluding carboxylic acids is 2. The second-order valence-electron chi connectivity index (χ2n) is 4.26. The fourth-order valence-electron chi connectivity index (χ4n) is 1.45. The first kappa shape index (κ1) is 10.2. The van der Waals surface area contributed by atoms with Gasteiger partial charge in [0.25, 0.3) is 5.91 Å². The molecule has 0 aromatic rings. The van der Waals surface area contributed by atoms with Crippen LogP contribution in [0.3, 0.4) is 0 Å². The summed E-state index contributed by atoms with van der Waals surface area (Å²) < 4.78 is 0. The van der Waals surface area contributed by atoms with Gasteiger partial charge < -0.3 is 0 Å². The highest BCUT2D eigenvalue weighted by atomic mass is 16.2. The fourth-order valence-corrected chi connectivity index (χ4v) is 1.45. The van der Waals surface area contributed by atoms with Crippen LogP contribution in [0, 0.1) is 5.41 Å². The topological polar surface area (TPSA) is 48.2 Å². The molecule has 1 radical (unpaired) electrons. The molecule has 1 aliphatic heterocycles. The SMILES string of the molecule is CC1(C)CCCCCC(=O)[N]C1=O. The highest BCUT2D eigenvalue weighted by Gasteiger charge is 2.30. The van der Waals surface area contributed by atoms with Gasteiger partial charge in [0.2, 0.25) is 5.91 Å². The molecule has 13 heavy (non-hydrogen) atoms. The van der Waals surface area contributed by atoms with Gasteiger partial charge in [-0.2, -0.15) is 5.32 Å². The van der Waals surface area contributed by atoms with E-state index in [1.54, 1.807) is 0 Å². The number of nitrogens with zero attached hydrogens (tertiary/aromatic N) is 1. The van der Waals surface area contributed by atoms with Crippen molar-refractivity contribution in [1.82, 2.24) is 5.32 Å². The van der Waals surface area contributed by atoms with Crippen molar-refractivity contribution < 1.29 is 9.59 Å². The highest BCUT2D eigenvalue weighted by molar-refractivity contribution is 5.97. The molecule has 3 nitrogen and oxygen atoms in total. The molecule has 73 valence electrons. The van der Waals surface area contributed by atoms with E-state index in [0.717, 1.165) is 25.7 Å². The van der Waals surface area contributed by atoms with Crippen LogP contribution < -0.4 is 5.32 Å². The first-order chi connectivity index (χ1) is 6.02. The van der Waals surface area contributed by atoms with Crippen LogP contribution in [0.2, 0.25) is 0 Å². The standard InChI is InChI=1S/C10H16NO2/c1-10(2)7-5-3-4-6-8(12)11-9(10)13/h3-7H2,1-2H3. The number of hydrogen-bond donors (Lipinski definition) is 0. The normalized spacial score (nSPS) is 24.2.